The van der Waals surface area contributed by atoms with Crippen molar-refractivity contribution in [3.05, 3.63) is 228 Å². The van der Waals surface area contributed by atoms with Gasteiger partial charge in [0.1, 0.15) is 11.2 Å². The van der Waals surface area contributed by atoms with E-state index in [1.807, 2.05) is 84.9 Å². The van der Waals surface area contributed by atoms with E-state index >= 15 is 0 Å². The molecule has 0 saturated carbocycles. The van der Waals surface area contributed by atoms with E-state index in [-0.39, 0.29) is 5.41 Å². The molecule has 0 radical (unpaired) electrons. The van der Waals surface area contributed by atoms with E-state index in [4.69, 9.17) is 34.3 Å². The molecular formula is C69H54N8O. The van der Waals surface area contributed by atoms with E-state index in [2.05, 4.69) is 132 Å². The molecule has 3 aliphatic carbocycles. The molecule has 5 aromatic heterocycles. The highest BCUT2D eigenvalue weighted by atomic mass is 16.3. The number of nitrogens with zero attached hydrogens (tertiary/aromatic N) is 8. The molecule has 16 rings (SSSR count). The zero-order valence-corrected chi connectivity index (χ0v) is 43.6. The third-order valence-corrected chi connectivity index (χ3v) is 16.5. The number of furan rings is 1. The third kappa shape index (κ3) is 7.43. The number of para-hydroxylation sites is 1. The number of aromatic nitrogens is 8. The normalized spacial score (nSPS) is 14.2. The van der Waals surface area contributed by atoms with Crippen LogP contribution in [0.3, 0.4) is 0 Å². The number of benzene rings is 8. The maximum absolute atomic E-state index is 6.30. The molecule has 0 atom stereocenters. The lowest BCUT2D eigenvalue weighted by Crippen LogP contribution is -2.15. The van der Waals surface area contributed by atoms with E-state index in [9.17, 15) is 0 Å². The fourth-order valence-corrected chi connectivity index (χ4v) is 12.9. The maximum Gasteiger partial charge on any atom is 0.238 e. The van der Waals surface area contributed by atoms with E-state index in [1.54, 1.807) is 0 Å². The van der Waals surface area contributed by atoms with Gasteiger partial charge in [0.15, 0.2) is 23.3 Å². The highest BCUT2D eigenvalue weighted by molar-refractivity contribution is 6.19. The number of fused-ring (bicyclic) bond motifs is 14. The van der Waals surface area contributed by atoms with Gasteiger partial charge >= 0.3 is 0 Å². The number of aryl methyl sites for hydroxylation is 2. The summed E-state index contributed by atoms with van der Waals surface area (Å²) in [5.74, 6) is 4.10. The van der Waals surface area contributed by atoms with E-state index in [1.165, 1.54) is 80.3 Å². The molecule has 0 unspecified atom stereocenters. The summed E-state index contributed by atoms with van der Waals surface area (Å²) in [5.41, 5.74) is 18.9. The Morgan fingerprint density at radius 2 is 0.808 bits per heavy atom. The Kier molecular flexibility index (Phi) is 10.9. The average Bonchev–Trinajstić information content (AvgIpc) is 4.09. The minimum Gasteiger partial charge on any atom is -0.456 e. The van der Waals surface area contributed by atoms with Crippen LogP contribution in [0.15, 0.2) is 199 Å². The van der Waals surface area contributed by atoms with Crippen molar-refractivity contribution in [2.24, 2.45) is 0 Å². The molecule has 9 heteroatoms. The first kappa shape index (κ1) is 46.0. The van der Waals surface area contributed by atoms with Crippen molar-refractivity contribution in [1.82, 2.24) is 39.0 Å². The highest BCUT2D eigenvalue weighted by Gasteiger charge is 2.39. The summed E-state index contributed by atoms with van der Waals surface area (Å²) in [6.07, 6.45) is 8.90. The number of hydrogen-bond donors (Lipinski definition) is 0. The maximum atomic E-state index is 6.30. The van der Waals surface area contributed by atoms with Gasteiger partial charge in [-0.2, -0.15) is 19.9 Å². The third-order valence-electron chi connectivity index (χ3n) is 16.5. The van der Waals surface area contributed by atoms with Crippen molar-refractivity contribution >= 4 is 43.7 Å². The van der Waals surface area contributed by atoms with Crippen LogP contribution in [-0.2, 0) is 31.1 Å². The summed E-state index contributed by atoms with van der Waals surface area (Å²) < 4.78 is 11.0. The smallest absolute Gasteiger partial charge is 0.238 e. The summed E-state index contributed by atoms with van der Waals surface area (Å²) in [7, 11) is 0. The molecule has 3 aliphatic rings. The van der Waals surface area contributed by atoms with Crippen LogP contribution < -0.4 is 0 Å². The predicted octanol–water partition coefficient (Wildman–Crippen LogP) is 16.3. The van der Waals surface area contributed by atoms with Gasteiger partial charge in [0, 0.05) is 60.8 Å². The first-order valence-electron chi connectivity index (χ1n) is 27.5. The van der Waals surface area contributed by atoms with Crippen molar-refractivity contribution < 1.29 is 4.42 Å². The zero-order chi connectivity index (χ0) is 51.9. The van der Waals surface area contributed by atoms with Gasteiger partial charge in [-0.3, -0.25) is 9.13 Å². The Balaban J connectivity index is 0.000000136. The van der Waals surface area contributed by atoms with Crippen LogP contribution in [0.5, 0.6) is 0 Å². The zero-order valence-electron chi connectivity index (χ0n) is 43.6. The minimum atomic E-state index is -0.0702. The second-order valence-electron chi connectivity index (χ2n) is 21.5. The van der Waals surface area contributed by atoms with Crippen LogP contribution in [0.1, 0.15) is 73.2 Å². The van der Waals surface area contributed by atoms with Gasteiger partial charge < -0.3 is 4.42 Å². The Labute approximate surface area is 452 Å². The van der Waals surface area contributed by atoms with Crippen LogP contribution in [0.25, 0.3) is 112 Å². The molecule has 0 aliphatic heterocycles. The summed E-state index contributed by atoms with van der Waals surface area (Å²) in [5, 5.41) is 4.84. The van der Waals surface area contributed by atoms with Gasteiger partial charge in [-0.05, 0) is 97.4 Å². The van der Waals surface area contributed by atoms with E-state index < -0.39 is 0 Å². The highest BCUT2D eigenvalue weighted by Crippen LogP contribution is 2.53. The minimum absolute atomic E-state index is 0.0702. The molecule has 9 nitrogen and oxygen atoms in total. The first-order valence-corrected chi connectivity index (χ1v) is 27.5. The molecule has 376 valence electrons. The van der Waals surface area contributed by atoms with Crippen LogP contribution in [0.2, 0.25) is 0 Å². The standard InChI is InChI=1S/C36H30N4.C33H24N4O/c1-36(2)28-19-11-9-18-27(28)31-29(36)22-21-26-25-17-10-12-20-30(25)40(32(26)31)35-38-33(23-13-5-3-6-14-23)37-34(39-35)24-15-7-4-8-16-24;1-3-11-21(12-4-1)31-34-32(22-13-5-2-6-14-22)36-33(35-31)37-26-17-9-7-15-23(26)24-19-20-28-29(30(24)37)25-16-8-10-18-27(25)38-28/h3-9,11,13-16,18-19,21-22H,10,12,17,20H2,1-2H3;1-6,8,10-14,16,18-20H,7,9,15,17H2. The van der Waals surface area contributed by atoms with Gasteiger partial charge in [0.2, 0.25) is 11.9 Å². The largest absolute Gasteiger partial charge is 0.456 e. The molecule has 8 aromatic carbocycles. The summed E-state index contributed by atoms with van der Waals surface area (Å²) in [6.45, 7) is 4.70. The molecule has 0 fully saturated rings. The Morgan fingerprint density at radius 1 is 0.372 bits per heavy atom. The molecule has 13 aromatic rings. The Hall–Kier alpha value is -9.34. The van der Waals surface area contributed by atoms with Gasteiger partial charge in [-0.1, -0.05) is 190 Å². The van der Waals surface area contributed by atoms with Gasteiger partial charge in [0.25, 0.3) is 0 Å². The lowest BCUT2D eigenvalue weighted by Gasteiger charge is -2.21. The molecule has 0 bridgehead atoms. The summed E-state index contributed by atoms with van der Waals surface area (Å²) in [6, 6.07) is 67.1. The van der Waals surface area contributed by atoms with Crippen molar-refractivity contribution in [3.8, 4) is 68.6 Å². The molecular weight excluding hydrogens is 957 g/mol. The summed E-state index contributed by atoms with van der Waals surface area (Å²) >= 11 is 0. The average molecular weight is 1010 g/mol. The van der Waals surface area contributed by atoms with Crippen molar-refractivity contribution in [1.29, 1.82) is 0 Å². The van der Waals surface area contributed by atoms with Crippen LogP contribution in [0.4, 0.5) is 0 Å². The fourth-order valence-electron chi connectivity index (χ4n) is 12.9. The van der Waals surface area contributed by atoms with Crippen molar-refractivity contribution in [2.75, 3.05) is 0 Å². The lowest BCUT2D eigenvalue weighted by atomic mass is 9.82. The monoisotopic (exact) mass is 1010 g/mol. The van der Waals surface area contributed by atoms with Gasteiger partial charge in [0.05, 0.1) is 16.4 Å². The van der Waals surface area contributed by atoms with E-state index in [0.717, 1.165) is 81.8 Å². The molecule has 5 heterocycles. The Morgan fingerprint density at radius 3 is 1.35 bits per heavy atom. The molecule has 0 spiro atoms. The summed E-state index contributed by atoms with van der Waals surface area (Å²) in [4.78, 5) is 30.5. The first-order chi connectivity index (χ1) is 38.5. The van der Waals surface area contributed by atoms with Crippen molar-refractivity contribution in [3.63, 3.8) is 0 Å². The predicted molar refractivity (Wildman–Crippen MR) is 313 cm³/mol. The quantitative estimate of drug-likeness (QED) is 0.164. The second kappa shape index (κ2) is 18.4. The van der Waals surface area contributed by atoms with Crippen molar-refractivity contribution in [2.45, 2.75) is 70.6 Å². The topological polar surface area (TPSA) is 100 Å². The molecule has 0 amide bonds. The van der Waals surface area contributed by atoms with Gasteiger partial charge in [-0.15, -0.1) is 0 Å². The Bertz CT molecular complexity index is 4350. The molecule has 0 N–H and O–H groups in total. The lowest BCUT2D eigenvalue weighted by molar-refractivity contribution is 0.660. The second-order valence-corrected chi connectivity index (χ2v) is 21.5. The molecule has 0 saturated heterocycles. The van der Waals surface area contributed by atoms with Crippen LogP contribution in [0, 0.1) is 0 Å². The van der Waals surface area contributed by atoms with Crippen LogP contribution in [-0.4, -0.2) is 39.0 Å². The number of hydrogen-bond acceptors (Lipinski definition) is 7. The SMILES string of the molecule is CC1(C)c2ccccc2-c2c1ccc1c3c(n(-c4nc(-c5ccccc5)nc(-c5ccccc5)n4)c21)CCCC3.c1ccc(-c2nc(-c3ccccc3)nc(-n3c4c(c5ccc6oc7ccccc7c6c53)CCCC4)n2)cc1. The van der Waals surface area contributed by atoms with Gasteiger partial charge in [-0.25, -0.2) is 9.97 Å². The molecule has 78 heavy (non-hydrogen) atoms. The number of rotatable bonds is 6. The fraction of sp³-hybridized carbons (Fsp3) is 0.159. The van der Waals surface area contributed by atoms with E-state index in [0.29, 0.717) is 35.2 Å². The van der Waals surface area contributed by atoms with Crippen LogP contribution >= 0.6 is 0 Å².